The Morgan fingerprint density at radius 1 is 1.73 bits per heavy atom. The second kappa shape index (κ2) is 4.44. The minimum atomic E-state index is -0.0864. The van der Waals surface area contributed by atoms with Gasteiger partial charge < -0.3 is 10.6 Å². The maximum atomic E-state index is 11.9. The number of nitrogens with two attached hydrogens (primary N) is 1. The Morgan fingerprint density at radius 3 is 2.73 bits per heavy atom. The van der Waals surface area contributed by atoms with E-state index in [0.717, 1.165) is 5.69 Å². The topological polar surface area (TPSA) is 64.2 Å². The van der Waals surface area contributed by atoms with Gasteiger partial charge in [-0.25, -0.2) is 0 Å². The van der Waals surface area contributed by atoms with Gasteiger partial charge in [-0.2, -0.15) is 5.10 Å². The highest BCUT2D eigenvalue weighted by atomic mass is 16.2. The van der Waals surface area contributed by atoms with Gasteiger partial charge in [0.15, 0.2) is 5.69 Å². The monoisotopic (exact) mass is 210 g/mol. The standard InChI is InChI=1S/C10H18N4O/c1-7-5-9(12-14(7)4)10(15)13(3)8(2)6-11/h5,8H,6,11H2,1-4H3. The predicted molar refractivity (Wildman–Crippen MR) is 58.6 cm³/mol. The minimum Gasteiger partial charge on any atom is -0.336 e. The number of hydrogen-bond donors (Lipinski definition) is 1. The van der Waals surface area contributed by atoms with E-state index in [1.165, 1.54) is 0 Å². The molecule has 84 valence electrons. The fraction of sp³-hybridized carbons (Fsp3) is 0.600. The lowest BCUT2D eigenvalue weighted by molar-refractivity contribution is 0.0741. The first-order valence-electron chi connectivity index (χ1n) is 4.95. The van der Waals surface area contributed by atoms with Crippen molar-refractivity contribution in [2.75, 3.05) is 13.6 Å². The number of nitrogens with zero attached hydrogens (tertiary/aromatic N) is 3. The van der Waals surface area contributed by atoms with Gasteiger partial charge in [-0.05, 0) is 19.9 Å². The molecule has 5 nitrogen and oxygen atoms in total. The fourth-order valence-corrected chi connectivity index (χ4v) is 1.20. The second-order valence-corrected chi connectivity index (χ2v) is 3.80. The fourth-order valence-electron chi connectivity index (χ4n) is 1.20. The molecule has 0 saturated carbocycles. The highest BCUT2D eigenvalue weighted by Gasteiger charge is 2.19. The Morgan fingerprint density at radius 2 is 2.33 bits per heavy atom. The van der Waals surface area contributed by atoms with Crippen molar-refractivity contribution in [1.29, 1.82) is 0 Å². The van der Waals surface area contributed by atoms with Crippen molar-refractivity contribution in [3.8, 4) is 0 Å². The highest BCUT2D eigenvalue weighted by Crippen LogP contribution is 2.06. The summed E-state index contributed by atoms with van der Waals surface area (Å²) in [6.45, 7) is 4.28. The van der Waals surface area contributed by atoms with Gasteiger partial charge in [-0.3, -0.25) is 9.48 Å². The molecule has 0 spiro atoms. The third-order valence-electron chi connectivity index (χ3n) is 2.66. The molecule has 0 aliphatic heterocycles. The number of amides is 1. The van der Waals surface area contributed by atoms with Crippen molar-refractivity contribution >= 4 is 5.91 Å². The maximum absolute atomic E-state index is 11.9. The number of aromatic nitrogens is 2. The van der Waals surface area contributed by atoms with E-state index in [9.17, 15) is 4.79 Å². The Labute approximate surface area is 89.9 Å². The van der Waals surface area contributed by atoms with Crippen LogP contribution in [0.25, 0.3) is 0 Å². The quantitative estimate of drug-likeness (QED) is 0.772. The van der Waals surface area contributed by atoms with E-state index in [0.29, 0.717) is 12.2 Å². The van der Waals surface area contributed by atoms with Crippen molar-refractivity contribution in [3.63, 3.8) is 0 Å². The first-order valence-corrected chi connectivity index (χ1v) is 4.95. The van der Waals surface area contributed by atoms with Gasteiger partial charge in [-0.1, -0.05) is 0 Å². The maximum Gasteiger partial charge on any atom is 0.274 e. The number of likely N-dealkylation sites (N-methyl/N-ethyl adjacent to an activating group) is 1. The number of carbonyl (C=O) groups excluding carboxylic acids is 1. The average molecular weight is 210 g/mol. The summed E-state index contributed by atoms with van der Waals surface area (Å²) in [5.74, 6) is -0.0864. The Bertz CT molecular complexity index is 339. The van der Waals surface area contributed by atoms with Crippen LogP contribution in [0.2, 0.25) is 0 Å². The molecule has 1 aromatic heterocycles. The Hall–Kier alpha value is -1.36. The lowest BCUT2D eigenvalue weighted by atomic mass is 10.2. The van der Waals surface area contributed by atoms with Gasteiger partial charge in [0.25, 0.3) is 5.91 Å². The van der Waals surface area contributed by atoms with E-state index in [1.54, 1.807) is 22.7 Å². The second-order valence-electron chi connectivity index (χ2n) is 3.80. The first-order chi connectivity index (χ1) is 6.97. The Balaban J connectivity index is 2.85. The minimum absolute atomic E-state index is 0.0276. The molecule has 0 bridgehead atoms. The van der Waals surface area contributed by atoms with Crippen LogP contribution < -0.4 is 5.73 Å². The molecule has 1 aromatic rings. The van der Waals surface area contributed by atoms with Crippen LogP contribution in [-0.4, -0.2) is 40.2 Å². The van der Waals surface area contributed by atoms with E-state index < -0.39 is 0 Å². The molecule has 2 N–H and O–H groups in total. The number of aryl methyl sites for hydroxylation is 2. The summed E-state index contributed by atoms with van der Waals surface area (Å²) in [5, 5.41) is 4.13. The molecule has 0 radical (unpaired) electrons. The zero-order valence-corrected chi connectivity index (χ0v) is 9.69. The molecule has 0 fully saturated rings. The van der Waals surface area contributed by atoms with Crippen LogP contribution in [0.15, 0.2) is 6.07 Å². The molecular formula is C10H18N4O. The SMILES string of the molecule is Cc1cc(C(=O)N(C)C(C)CN)nn1C. The molecule has 0 aromatic carbocycles. The Kier molecular flexibility index (Phi) is 3.47. The molecule has 5 heteroatoms. The lowest BCUT2D eigenvalue weighted by Gasteiger charge is -2.22. The van der Waals surface area contributed by atoms with Gasteiger partial charge in [0, 0.05) is 32.4 Å². The summed E-state index contributed by atoms with van der Waals surface area (Å²) in [4.78, 5) is 13.5. The molecule has 1 amide bonds. The van der Waals surface area contributed by atoms with Gasteiger partial charge in [0.05, 0.1) is 0 Å². The van der Waals surface area contributed by atoms with Crippen molar-refractivity contribution in [2.45, 2.75) is 19.9 Å². The molecule has 0 aliphatic carbocycles. The van der Waals surface area contributed by atoms with Crippen LogP contribution in [0.3, 0.4) is 0 Å². The molecule has 1 heterocycles. The molecule has 1 atom stereocenters. The summed E-state index contributed by atoms with van der Waals surface area (Å²) >= 11 is 0. The van der Waals surface area contributed by atoms with E-state index in [1.807, 2.05) is 20.9 Å². The lowest BCUT2D eigenvalue weighted by Crippen LogP contribution is -2.39. The zero-order chi connectivity index (χ0) is 11.6. The van der Waals surface area contributed by atoms with Crippen molar-refractivity contribution < 1.29 is 4.79 Å². The number of rotatable bonds is 3. The molecular weight excluding hydrogens is 192 g/mol. The van der Waals surface area contributed by atoms with Crippen molar-refractivity contribution in [1.82, 2.24) is 14.7 Å². The van der Waals surface area contributed by atoms with E-state index in [-0.39, 0.29) is 11.9 Å². The largest absolute Gasteiger partial charge is 0.336 e. The summed E-state index contributed by atoms with van der Waals surface area (Å²) in [6.07, 6.45) is 0. The van der Waals surface area contributed by atoms with Gasteiger partial charge in [-0.15, -0.1) is 0 Å². The molecule has 1 unspecified atom stereocenters. The third kappa shape index (κ3) is 2.36. The summed E-state index contributed by atoms with van der Waals surface area (Å²) in [6, 6.07) is 1.81. The van der Waals surface area contributed by atoms with Crippen LogP contribution in [0.5, 0.6) is 0 Å². The van der Waals surface area contributed by atoms with E-state index in [4.69, 9.17) is 5.73 Å². The van der Waals surface area contributed by atoms with Crippen LogP contribution >= 0.6 is 0 Å². The molecule has 1 rings (SSSR count). The van der Waals surface area contributed by atoms with Gasteiger partial charge in [0.1, 0.15) is 0 Å². The van der Waals surface area contributed by atoms with E-state index in [2.05, 4.69) is 5.10 Å². The third-order valence-corrected chi connectivity index (χ3v) is 2.66. The predicted octanol–water partition coefficient (Wildman–Crippen LogP) is 0.148. The summed E-state index contributed by atoms with van der Waals surface area (Å²) < 4.78 is 1.69. The van der Waals surface area contributed by atoms with Crippen LogP contribution in [0.4, 0.5) is 0 Å². The van der Waals surface area contributed by atoms with Gasteiger partial charge >= 0.3 is 0 Å². The van der Waals surface area contributed by atoms with Crippen molar-refractivity contribution in [2.24, 2.45) is 12.8 Å². The zero-order valence-electron chi connectivity index (χ0n) is 9.69. The summed E-state index contributed by atoms with van der Waals surface area (Å²) in [7, 11) is 3.56. The van der Waals surface area contributed by atoms with Crippen LogP contribution in [0.1, 0.15) is 23.1 Å². The molecule has 0 saturated heterocycles. The van der Waals surface area contributed by atoms with Crippen molar-refractivity contribution in [3.05, 3.63) is 17.5 Å². The number of hydrogen-bond acceptors (Lipinski definition) is 3. The van der Waals surface area contributed by atoms with E-state index >= 15 is 0 Å². The first kappa shape index (κ1) is 11.7. The normalized spacial score (nSPS) is 12.6. The van der Waals surface area contributed by atoms with Crippen LogP contribution in [0, 0.1) is 6.92 Å². The highest BCUT2D eigenvalue weighted by molar-refractivity contribution is 5.92. The molecule has 0 aliphatic rings. The smallest absolute Gasteiger partial charge is 0.274 e. The average Bonchev–Trinajstić information content (AvgIpc) is 2.56. The molecule has 15 heavy (non-hydrogen) atoms. The van der Waals surface area contributed by atoms with Crippen LogP contribution in [-0.2, 0) is 7.05 Å². The van der Waals surface area contributed by atoms with Gasteiger partial charge in [0.2, 0.25) is 0 Å². The summed E-state index contributed by atoms with van der Waals surface area (Å²) in [5.41, 5.74) is 6.94. The number of carbonyl (C=O) groups is 1.